The lowest BCUT2D eigenvalue weighted by Gasteiger charge is -2.19. The molecule has 0 amide bonds. The van der Waals surface area contributed by atoms with Crippen LogP contribution in [0.2, 0.25) is 0 Å². The third-order valence-corrected chi connectivity index (χ3v) is 14.2. The second-order valence-electron chi connectivity index (χ2n) is 18.9. The number of rotatable bonds is 13. The Bertz CT molecular complexity index is 3440. The Morgan fingerprint density at radius 3 is 0.716 bits per heavy atom. The van der Waals surface area contributed by atoms with Crippen molar-refractivity contribution in [1.29, 1.82) is 0 Å². The number of pyridine rings is 2. The van der Waals surface area contributed by atoms with Gasteiger partial charge in [0.25, 0.3) is 0 Å². The predicted molar refractivity (Wildman–Crippen MR) is 307 cm³/mol. The van der Waals surface area contributed by atoms with Crippen molar-refractivity contribution in [3.05, 3.63) is 315 Å². The molecule has 0 saturated carbocycles. The second kappa shape index (κ2) is 21.1. The zero-order valence-electron chi connectivity index (χ0n) is 41.2. The fourth-order valence-electron chi connectivity index (χ4n) is 10.6. The average molecular weight is 947 g/mol. The molecule has 2 heteroatoms. The van der Waals surface area contributed by atoms with Gasteiger partial charge in [0.1, 0.15) is 0 Å². The minimum atomic E-state index is 0.729. The zero-order valence-corrected chi connectivity index (χ0v) is 41.2. The lowest BCUT2D eigenvalue weighted by atomic mass is 9.85. The zero-order chi connectivity index (χ0) is 49.5. The van der Waals surface area contributed by atoms with Gasteiger partial charge in [-0.3, -0.25) is 0 Å². The number of hydrogen-bond donors (Lipinski definition) is 0. The fourth-order valence-corrected chi connectivity index (χ4v) is 10.6. The molecule has 0 aliphatic heterocycles. The minimum Gasteiger partial charge on any atom is -0.201 e. The van der Waals surface area contributed by atoms with Crippen LogP contribution in [-0.4, -0.2) is 0 Å². The smallest absolute Gasteiger partial charge is 0.174 e. The lowest BCUT2D eigenvalue weighted by Crippen LogP contribution is -2.34. The third kappa shape index (κ3) is 9.65. The van der Waals surface area contributed by atoms with E-state index in [1.165, 1.54) is 111 Å². The van der Waals surface area contributed by atoms with Gasteiger partial charge in [-0.1, -0.05) is 231 Å². The Kier molecular flexibility index (Phi) is 13.0. The summed E-state index contributed by atoms with van der Waals surface area (Å²) in [5.41, 5.74) is 24.2. The van der Waals surface area contributed by atoms with Crippen LogP contribution in [0.25, 0.3) is 100 Å². The highest BCUT2D eigenvalue weighted by Gasteiger charge is 2.22. The minimum absolute atomic E-state index is 0.729. The molecule has 2 aromatic heterocycles. The summed E-state index contributed by atoms with van der Waals surface area (Å²) in [7, 11) is 0. The standard InChI is InChI=1S/C72H54N2/c1-7-23-53(24-8-1)63-47-67(55-27-11-3-12-28-55)71(68(48-63)56-29-13-4-14-30-56)59-39-43-73(44-40-59)51-61-35-19-21-37-65(61)66-38-22-20-36-62(66)52-74-45-41-60(42-46-74)72-69(57-31-15-5-16-32-57)49-64(54-25-9-2-10-26-54)50-70(72)58-33-17-6-18-34-58/h1-50H,51-52H2/q+2. The summed E-state index contributed by atoms with van der Waals surface area (Å²) >= 11 is 0. The largest absolute Gasteiger partial charge is 0.201 e. The Labute approximate surface area is 435 Å². The molecule has 12 aromatic rings. The molecule has 0 spiro atoms. The molecule has 0 aliphatic rings. The van der Waals surface area contributed by atoms with Crippen LogP contribution in [-0.2, 0) is 13.1 Å². The molecular formula is C72H54N2+2. The fraction of sp³-hybridized carbons (Fsp3) is 0.0278. The van der Waals surface area contributed by atoms with Gasteiger partial charge in [0, 0.05) is 35.4 Å². The normalized spacial score (nSPS) is 11.1. The second-order valence-corrected chi connectivity index (χ2v) is 18.9. The van der Waals surface area contributed by atoms with E-state index in [1.807, 2.05) is 0 Å². The quantitative estimate of drug-likeness (QED) is 0.102. The Morgan fingerprint density at radius 1 is 0.189 bits per heavy atom. The molecule has 0 unspecified atom stereocenters. The molecule has 0 atom stereocenters. The molecule has 10 aromatic carbocycles. The number of nitrogens with zero attached hydrogens (tertiary/aromatic N) is 2. The van der Waals surface area contributed by atoms with Gasteiger partial charge in [-0.15, -0.1) is 0 Å². The van der Waals surface area contributed by atoms with Crippen LogP contribution in [0.4, 0.5) is 0 Å². The van der Waals surface area contributed by atoms with Crippen LogP contribution in [0, 0.1) is 0 Å². The van der Waals surface area contributed by atoms with Crippen molar-refractivity contribution in [2.75, 3.05) is 0 Å². The maximum Gasteiger partial charge on any atom is 0.174 e. The van der Waals surface area contributed by atoms with E-state index in [4.69, 9.17) is 0 Å². The Balaban J connectivity index is 0.867. The van der Waals surface area contributed by atoms with Gasteiger partial charge in [0.05, 0.1) is 0 Å². The summed E-state index contributed by atoms with van der Waals surface area (Å²) < 4.78 is 4.61. The topological polar surface area (TPSA) is 7.76 Å². The highest BCUT2D eigenvalue weighted by molar-refractivity contribution is 5.99. The van der Waals surface area contributed by atoms with Gasteiger partial charge in [-0.2, -0.15) is 0 Å². The van der Waals surface area contributed by atoms with Crippen LogP contribution < -0.4 is 9.13 Å². The van der Waals surface area contributed by atoms with Crippen molar-refractivity contribution in [2.24, 2.45) is 0 Å². The average Bonchev–Trinajstić information content (AvgIpc) is 3.49. The van der Waals surface area contributed by atoms with Gasteiger partial charge in [-0.25, -0.2) is 9.13 Å². The Morgan fingerprint density at radius 2 is 0.432 bits per heavy atom. The number of aromatic nitrogens is 2. The van der Waals surface area contributed by atoms with Crippen molar-refractivity contribution < 1.29 is 9.13 Å². The molecule has 0 saturated heterocycles. The highest BCUT2D eigenvalue weighted by Crippen LogP contribution is 2.45. The van der Waals surface area contributed by atoms with Crippen molar-refractivity contribution >= 4 is 0 Å². The molecule has 74 heavy (non-hydrogen) atoms. The first kappa shape index (κ1) is 45.6. The van der Waals surface area contributed by atoms with Gasteiger partial charge >= 0.3 is 0 Å². The van der Waals surface area contributed by atoms with Crippen LogP contribution in [0.1, 0.15) is 11.1 Å². The monoisotopic (exact) mass is 946 g/mol. The van der Waals surface area contributed by atoms with E-state index < -0.39 is 0 Å². The van der Waals surface area contributed by atoms with Gasteiger partial charge < -0.3 is 0 Å². The molecule has 350 valence electrons. The summed E-state index contributed by atoms with van der Waals surface area (Å²) in [4.78, 5) is 0. The van der Waals surface area contributed by atoms with E-state index >= 15 is 0 Å². The van der Waals surface area contributed by atoms with E-state index in [0.717, 1.165) is 13.1 Å². The Hall–Kier alpha value is -9.50. The maximum atomic E-state index is 2.36. The van der Waals surface area contributed by atoms with Crippen LogP contribution >= 0.6 is 0 Å². The van der Waals surface area contributed by atoms with Gasteiger partial charge in [0.15, 0.2) is 37.9 Å². The van der Waals surface area contributed by atoms with E-state index in [9.17, 15) is 0 Å². The lowest BCUT2D eigenvalue weighted by molar-refractivity contribution is -0.688. The SMILES string of the molecule is c1ccc(-c2cc(-c3ccccc3)c(-c3cc[n+](Cc4ccccc4-c4ccccc4C[n+]4ccc(-c5c(-c6ccccc6)cc(-c6ccccc6)cc5-c5ccccc5)cc4)cc3)c(-c3ccccc3)c2)cc1. The van der Waals surface area contributed by atoms with E-state index in [0.29, 0.717) is 0 Å². The highest BCUT2D eigenvalue weighted by atomic mass is 14.9. The van der Waals surface area contributed by atoms with E-state index in [2.05, 4.69) is 313 Å². The van der Waals surface area contributed by atoms with Crippen LogP contribution in [0.5, 0.6) is 0 Å². The maximum absolute atomic E-state index is 2.36. The molecule has 2 heterocycles. The number of hydrogen-bond acceptors (Lipinski definition) is 0. The van der Waals surface area contributed by atoms with Gasteiger partial charge in [0.2, 0.25) is 0 Å². The van der Waals surface area contributed by atoms with E-state index in [-0.39, 0.29) is 0 Å². The summed E-state index contributed by atoms with van der Waals surface area (Å²) in [6.07, 6.45) is 8.97. The molecule has 12 rings (SSSR count). The summed E-state index contributed by atoms with van der Waals surface area (Å²) in [5, 5.41) is 0. The molecular weight excluding hydrogens is 893 g/mol. The molecule has 0 fully saturated rings. The van der Waals surface area contributed by atoms with E-state index in [1.54, 1.807) is 0 Å². The van der Waals surface area contributed by atoms with Crippen LogP contribution in [0.3, 0.4) is 0 Å². The van der Waals surface area contributed by atoms with Gasteiger partial charge in [-0.05, 0) is 124 Å². The first-order valence-electron chi connectivity index (χ1n) is 25.5. The molecule has 0 aliphatic carbocycles. The molecule has 0 N–H and O–H groups in total. The van der Waals surface area contributed by atoms with Crippen molar-refractivity contribution in [3.8, 4) is 100 Å². The van der Waals surface area contributed by atoms with Crippen molar-refractivity contribution in [2.45, 2.75) is 13.1 Å². The third-order valence-electron chi connectivity index (χ3n) is 14.2. The van der Waals surface area contributed by atoms with Crippen molar-refractivity contribution in [3.63, 3.8) is 0 Å². The molecule has 0 radical (unpaired) electrons. The predicted octanol–water partition coefficient (Wildman–Crippen LogP) is 17.4. The first-order chi connectivity index (χ1) is 36.7. The summed E-state index contributed by atoms with van der Waals surface area (Å²) in [6, 6.07) is 101. The van der Waals surface area contributed by atoms with Crippen molar-refractivity contribution in [1.82, 2.24) is 0 Å². The van der Waals surface area contributed by atoms with Crippen LogP contribution in [0.15, 0.2) is 304 Å². The summed E-state index contributed by atoms with van der Waals surface area (Å²) in [6.45, 7) is 1.46. The first-order valence-corrected chi connectivity index (χ1v) is 25.5. The molecule has 0 bridgehead atoms. The molecule has 2 nitrogen and oxygen atoms in total. The summed E-state index contributed by atoms with van der Waals surface area (Å²) in [5.74, 6) is 0. The number of benzene rings is 10.